The number of fused-ring (bicyclic) bond motifs is 1. The van der Waals surface area contributed by atoms with Crippen molar-refractivity contribution in [1.82, 2.24) is 9.80 Å². The summed E-state index contributed by atoms with van der Waals surface area (Å²) in [5, 5.41) is 3.15. The average molecular weight is 512 g/mol. The number of ether oxygens (including phenoxy) is 1. The van der Waals surface area contributed by atoms with Crippen molar-refractivity contribution in [3.8, 4) is 0 Å². The van der Waals surface area contributed by atoms with Crippen molar-refractivity contribution in [2.75, 3.05) is 32.8 Å². The van der Waals surface area contributed by atoms with Gasteiger partial charge in [0.25, 0.3) is 0 Å². The van der Waals surface area contributed by atoms with Crippen molar-refractivity contribution in [2.24, 2.45) is 5.92 Å². The molecule has 1 aliphatic rings. The second-order valence-corrected chi connectivity index (χ2v) is 10.5. The quantitative estimate of drug-likeness (QED) is 0.377. The van der Waals surface area contributed by atoms with Crippen LogP contribution in [0.3, 0.4) is 0 Å². The molecule has 2 amide bonds. The second kappa shape index (κ2) is 12.2. The van der Waals surface area contributed by atoms with Crippen LogP contribution >= 0.6 is 34.5 Å². The van der Waals surface area contributed by atoms with Crippen LogP contribution in [0.2, 0.25) is 10.0 Å². The van der Waals surface area contributed by atoms with E-state index in [2.05, 4.69) is 11.4 Å². The Morgan fingerprint density at radius 3 is 2.73 bits per heavy atom. The smallest absolute Gasteiger partial charge is 0.242 e. The molecule has 0 fully saturated rings. The Hall–Kier alpha value is -1.60. The molecule has 0 saturated heterocycles. The third kappa shape index (κ3) is 6.72. The Kier molecular flexibility index (Phi) is 9.62. The Balaban J connectivity index is 1.84. The highest BCUT2D eigenvalue weighted by Gasteiger charge is 2.35. The molecule has 0 bridgehead atoms. The van der Waals surface area contributed by atoms with Crippen molar-refractivity contribution in [1.29, 1.82) is 0 Å². The predicted octanol–water partition coefficient (Wildman–Crippen LogP) is 5.83. The first-order valence-electron chi connectivity index (χ1n) is 11.5. The van der Waals surface area contributed by atoms with E-state index in [-0.39, 0.29) is 30.3 Å². The summed E-state index contributed by atoms with van der Waals surface area (Å²) in [5.74, 6) is 0.159. The minimum absolute atomic E-state index is 0.00385. The molecule has 0 aliphatic carbocycles. The molecule has 1 atom stereocenters. The number of carbonyl (C=O) groups excluding carboxylic acids is 2. The van der Waals surface area contributed by atoms with Gasteiger partial charge in [0.05, 0.1) is 12.6 Å². The van der Waals surface area contributed by atoms with Gasteiger partial charge in [0.1, 0.15) is 0 Å². The fourth-order valence-electron chi connectivity index (χ4n) is 4.17. The number of benzene rings is 1. The molecule has 1 aromatic carbocycles. The maximum Gasteiger partial charge on any atom is 0.242 e. The third-order valence-corrected chi connectivity index (χ3v) is 7.28. The number of thiophene rings is 1. The molecule has 1 aromatic heterocycles. The molecule has 33 heavy (non-hydrogen) atoms. The Morgan fingerprint density at radius 1 is 1.24 bits per heavy atom. The van der Waals surface area contributed by atoms with E-state index < -0.39 is 0 Å². The molecule has 0 spiro atoms. The number of rotatable bonds is 10. The van der Waals surface area contributed by atoms with E-state index in [1.54, 1.807) is 28.4 Å². The Morgan fingerprint density at radius 2 is 2.03 bits per heavy atom. The van der Waals surface area contributed by atoms with Gasteiger partial charge in [-0.1, -0.05) is 43.1 Å². The number of amides is 2. The minimum Gasteiger partial charge on any atom is -0.382 e. The highest BCUT2D eigenvalue weighted by molar-refractivity contribution is 7.10. The lowest BCUT2D eigenvalue weighted by molar-refractivity contribution is -0.142. The van der Waals surface area contributed by atoms with Crippen molar-refractivity contribution in [3.63, 3.8) is 0 Å². The SMILES string of the molecule is CCOCCCN(CC(=O)N1CCc2sccc2C1c1ccc(Cl)cc1Cl)C(=O)CC(C)C. The van der Waals surface area contributed by atoms with Gasteiger partial charge in [0.15, 0.2) is 0 Å². The van der Waals surface area contributed by atoms with Gasteiger partial charge < -0.3 is 14.5 Å². The largest absolute Gasteiger partial charge is 0.382 e. The molecule has 0 radical (unpaired) electrons. The fourth-order valence-corrected chi connectivity index (χ4v) is 5.59. The van der Waals surface area contributed by atoms with Gasteiger partial charge in [0, 0.05) is 47.6 Å². The lowest BCUT2D eigenvalue weighted by Gasteiger charge is -2.38. The van der Waals surface area contributed by atoms with Gasteiger partial charge >= 0.3 is 0 Å². The van der Waals surface area contributed by atoms with Gasteiger partial charge in [-0.2, -0.15) is 0 Å². The molecule has 1 aliphatic heterocycles. The van der Waals surface area contributed by atoms with E-state index in [1.165, 1.54) is 4.88 Å². The Labute approximate surface area is 210 Å². The standard InChI is InChI=1S/C25H32Cl2N2O3S/c1-4-32-12-5-10-28(23(30)14-17(2)3)16-24(31)29-11-8-22-20(9-13-33-22)25(29)19-7-6-18(26)15-21(19)27/h6-7,9,13,15,17,25H,4-5,8,10-12,14,16H2,1-3H3. The lowest BCUT2D eigenvalue weighted by Crippen LogP contribution is -2.47. The van der Waals surface area contributed by atoms with Gasteiger partial charge in [-0.3, -0.25) is 9.59 Å². The van der Waals surface area contributed by atoms with Crippen LogP contribution in [0.25, 0.3) is 0 Å². The molecule has 3 rings (SSSR count). The van der Waals surface area contributed by atoms with E-state index in [4.69, 9.17) is 27.9 Å². The Bertz CT molecular complexity index is 963. The molecular formula is C25H32Cl2N2O3S. The fraction of sp³-hybridized carbons (Fsp3) is 0.520. The number of carbonyl (C=O) groups is 2. The van der Waals surface area contributed by atoms with Gasteiger partial charge in [0.2, 0.25) is 11.8 Å². The van der Waals surface area contributed by atoms with Crippen LogP contribution in [0.1, 0.15) is 55.7 Å². The third-order valence-electron chi connectivity index (χ3n) is 5.73. The number of halogens is 2. The average Bonchev–Trinajstić information content (AvgIpc) is 3.24. The van der Waals surface area contributed by atoms with Crippen LogP contribution in [0.4, 0.5) is 0 Å². The maximum absolute atomic E-state index is 13.6. The van der Waals surface area contributed by atoms with Crippen molar-refractivity contribution in [2.45, 2.75) is 46.1 Å². The van der Waals surface area contributed by atoms with E-state index in [0.29, 0.717) is 49.2 Å². The highest BCUT2D eigenvalue weighted by Crippen LogP contribution is 2.41. The summed E-state index contributed by atoms with van der Waals surface area (Å²) in [7, 11) is 0. The molecule has 180 valence electrons. The summed E-state index contributed by atoms with van der Waals surface area (Å²) in [4.78, 5) is 31.3. The first-order valence-corrected chi connectivity index (χ1v) is 13.1. The zero-order chi connectivity index (χ0) is 24.0. The number of hydrogen-bond donors (Lipinski definition) is 0. The summed E-state index contributed by atoms with van der Waals surface area (Å²) >= 11 is 14.4. The van der Waals surface area contributed by atoms with Crippen LogP contribution in [-0.4, -0.2) is 54.5 Å². The van der Waals surface area contributed by atoms with Gasteiger partial charge in [-0.25, -0.2) is 0 Å². The zero-order valence-corrected chi connectivity index (χ0v) is 21.8. The second-order valence-electron chi connectivity index (χ2n) is 8.67. The summed E-state index contributed by atoms with van der Waals surface area (Å²) in [6.07, 6.45) is 1.92. The van der Waals surface area contributed by atoms with Gasteiger partial charge in [-0.05, 0) is 60.4 Å². The molecule has 0 N–H and O–H groups in total. The first-order chi connectivity index (χ1) is 15.8. The topological polar surface area (TPSA) is 49.9 Å². The van der Waals surface area contributed by atoms with Crippen molar-refractivity contribution < 1.29 is 14.3 Å². The molecule has 8 heteroatoms. The molecule has 5 nitrogen and oxygen atoms in total. The molecule has 1 unspecified atom stereocenters. The zero-order valence-electron chi connectivity index (χ0n) is 19.5. The molecule has 2 heterocycles. The minimum atomic E-state index is -0.289. The summed E-state index contributed by atoms with van der Waals surface area (Å²) < 4.78 is 5.44. The van der Waals surface area contributed by atoms with Crippen molar-refractivity contribution in [3.05, 3.63) is 55.7 Å². The van der Waals surface area contributed by atoms with Crippen LogP contribution in [-0.2, 0) is 20.7 Å². The number of nitrogens with zero attached hydrogens (tertiary/aromatic N) is 2. The summed E-state index contributed by atoms with van der Waals surface area (Å²) in [6, 6.07) is 7.19. The number of hydrogen-bond acceptors (Lipinski definition) is 4. The molecule has 0 saturated carbocycles. The molecular weight excluding hydrogens is 479 g/mol. The first kappa shape index (κ1) is 26.0. The van der Waals surface area contributed by atoms with E-state index in [9.17, 15) is 9.59 Å². The van der Waals surface area contributed by atoms with Crippen LogP contribution in [0.5, 0.6) is 0 Å². The normalized spacial score (nSPS) is 15.6. The highest BCUT2D eigenvalue weighted by atomic mass is 35.5. The van der Waals surface area contributed by atoms with E-state index in [1.807, 2.05) is 31.7 Å². The van der Waals surface area contributed by atoms with E-state index >= 15 is 0 Å². The summed E-state index contributed by atoms with van der Waals surface area (Å²) in [5.41, 5.74) is 1.95. The van der Waals surface area contributed by atoms with Crippen LogP contribution in [0.15, 0.2) is 29.6 Å². The van der Waals surface area contributed by atoms with E-state index in [0.717, 1.165) is 17.5 Å². The lowest BCUT2D eigenvalue weighted by atomic mass is 9.93. The van der Waals surface area contributed by atoms with Crippen LogP contribution in [0, 0.1) is 5.92 Å². The monoisotopic (exact) mass is 510 g/mol. The van der Waals surface area contributed by atoms with Crippen LogP contribution < -0.4 is 0 Å². The predicted molar refractivity (Wildman–Crippen MR) is 135 cm³/mol. The van der Waals surface area contributed by atoms with Gasteiger partial charge in [-0.15, -0.1) is 11.3 Å². The summed E-state index contributed by atoms with van der Waals surface area (Å²) in [6.45, 7) is 8.32. The molecule has 2 aromatic rings. The van der Waals surface area contributed by atoms with Crippen molar-refractivity contribution >= 4 is 46.4 Å². The maximum atomic E-state index is 13.6.